The Morgan fingerprint density at radius 3 is 2.18 bits per heavy atom. The molecule has 0 saturated carbocycles. The average molecular weight is 378 g/mol. The van der Waals surface area contributed by atoms with E-state index in [4.69, 9.17) is 33.1 Å². The van der Waals surface area contributed by atoms with Gasteiger partial charge in [0.15, 0.2) is 0 Å². The van der Waals surface area contributed by atoms with Crippen LogP contribution >= 0.6 is 35.0 Å². The summed E-state index contributed by atoms with van der Waals surface area (Å²) in [6, 6.07) is 11.3. The molecule has 0 aliphatic heterocycles. The molecule has 118 valence electrons. The zero-order valence-corrected chi connectivity index (χ0v) is 14.5. The van der Waals surface area contributed by atoms with E-state index >= 15 is 0 Å². The summed E-state index contributed by atoms with van der Waals surface area (Å²) in [6.07, 6.45) is 0. The Morgan fingerprint density at radius 1 is 1.05 bits per heavy atom. The number of rotatable bonds is 6. The van der Waals surface area contributed by atoms with Crippen molar-refractivity contribution in [1.82, 2.24) is 0 Å². The summed E-state index contributed by atoms with van der Waals surface area (Å²) in [5.74, 6) is 1.22. The second-order valence-corrected chi connectivity index (χ2v) is 7.75. The van der Waals surface area contributed by atoms with Crippen LogP contribution in [0.5, 0.6) is 5.75 Å². The molecule has 22 heavy (non-hydrogen) atoms. The minimum atomic E-state index is -3.68. The van der Waals surface area contributed by atoms with Crippen LogP contribution in [0.4, 0.5) is 0 Å². The van der Waals surface area contributed by atoms with Crippen molar-refractivity contribution in [2.24, 2.45) is 5.14 Å². The molecular weight excluding hydrogens is 365 g/mol. The van der Waals surface area contributed by atoms with E-state index < -0.39 is 10.0 Å². The SMILES string of the molecule is NS(=O)(=O)c1ccc(OCCSc2c(Cl)cccc2Cl)cc1. The Hall–Kier alpha value is -0.920. The van der Waals surface area contributed by atoms with Gasteiger partial charge in [0.25, 0.3) is 0 Å². The highest BCUT2D eigenvalue weighted by molar-refractivity contribution is 7.99. The summed E-state index contributed by atoms with van der Waals surface area (Å²) in [4.78, 5) is 0.871. The van der Waals surface area contributed by atoms with Crippen molar-refractivity contribution < 1.29 is 13.2 Å². The molecule has 0 bridgehead atoms. The van der Waals surface area contributed by atoms with Crippen molar-refractivity contribution in [3.63, 3.8) is 0 Å². The summed E-state index contributed by atoms with van der Waals surface area (Å²) in [5.41, 5.74) is 0. The van der Waals surface area contributed by atoms with Gasteiger partial charge in [-0.25, -0.2) is 13.6 Å². The predicted octanol–water partition coefficient (Wildman–Crippen LogP) is 3.81. The zero-order valence-electron chi connectivity index (χ0n) is 11.3. The first-order valence-electron chi connectivity index (χ1n) is 6.20. The monoisotopic (exact) mass is 377 g/mol. The van der Waals surface area contributed by atoms with Crippen molar-refractivity contribution in [2.45, 2.75) is 9.79 Å². The van der Waals surface area contributed by atoms with Crippen LogP contribution in [0.3, 0.4) is 0 Å². The number of hydrogen-bond acceptors (Lipinski definition) is 4. The number of nitrogens with two attached hydrogens (primary N) is 1. The van der Waals surface area contributed by atoms with Gasteiger partial charge in [-0.3, -0.25) is 0 Å². The summed E-state index contributed by atoms with van der Waals surface area (Å²) < 4.78 is 27.8. The van der Waals surface area contributed by atoms with E-state index in [0.717, 1.165) is 4.90 Å². The fourth-order valence-corrected chi connectivity index (χ4v) is 3.67. The van der Waals surface area contributed by atoms with Gasteiger partial charge in [-0.05, 0) is 36.4 Å². The highest BCUT2D eigenvalue weighted by Gasteiger charge is 2.08. The van der Waals surface area contributed by atoms with Crippen LogP contribution in [0.15, 0.2) is 52.3 Å². The highest BCUT2D eigenvalue weighted by Crippen LogP contribution is 2.33. The van der Waals surface area contributed by atoms with Crippen molar-refractivity contribution >= 4 is 45.0 Å². The fraction of sp³-hybridized carbons (Fsp3) is 0.143. The van der Waals surface area contributed by atoms with Crippen molar-refractivity contribution in [3.05, 3.63) is 52.5 Å². The van der Waals surface area contributed by atoms with Crippen LogP contribution in [0.25, 0.3) is 0 Å². The van der Waals surface area contributed by atoms with Crippen LogP contribution in [0, 0.1) is 0 Å². The molecule has 0 heterocycles. The third-order valence-electron chi connectivity index (χ3n) is 2.67. The summed E-state index contributed by atoms with van der Waals surface area (Å²) in [5, 5.41) is 6.24. The average Bonchev–Trinajstić information content (AvgIpc) is 2.45. The third-order valence-corrected chi connectivity index (χ3v) is 5.55. The molecule has 0 radical (unpaired) electrons. The van der Waals surface area contributed by atoms with Gasteiger partial charge < -0.3 is 4.74 Å². The highest BCUT2D eigenvalue weighted by atomic mass is 35.5. The smallest absolute Gasteiger partial charge is 0.238 e. The van der Waals surface area contributed by atoms with Gasteiger partial charge in [0.2, 0.25) is 10.0 Å². The van der Waals surface area contributed by atoms with Crippen LogP contribution in [0.1, 0.15) is 0 Å². The first kappa shape index (κ1) is 17.4. The van der Waals surface area contributed by atoms with Gasteiger partial charge >= 0.3 is 0 Å². The van der Waals surface area contributed by atoms with E-state index in [1.807, 2.05) is 0 Å². The molecule has 0 saturated heterocycles. The molecule has 0 fully saturated rings. The van der Waals surface area contributed by atoms with Crippen molar-refractivity contribution in [1.29, 1.82) is 0 Å². The minimum absolute atomic E-state index is 0.0528. The number of sulfonamides is 1. The van der Waals surface area contributed by atoms with Crippen molar-refractivity contribution in [3.8, 4) is 5.75 Å². The van der Waals surface area contributed by atoms with Crippen LogP contribution in [0.2, 0.25) is 10.0 Å². The van der Waals surface area contributed by atoms with E-state index in [1.54, 1.807) is 30.3 Å². The number of thioether (sulfide) groups is 1. The molecule has 8 heteroatoms. The lowest BCUT2D eigenvalue weighted by molar-refractivity contribution is 0.343. The summed E-state index contributed by atoms with van der Waals surface area (Å²) >= 11 is 13.6. The van der Waals surface area contributed by atoms with E-state index in [2.05, 4.69) is 0 Å². The van der Waals surface area contributed by atoms with Gasteiger partial charge in [-0.2, -0.15) is 0 Å². The number of hydrogen-bond donors (Lipinski definition) is 1. The Balaban J connectivity index is 1.87. The number of halogens is 2. The molecule has 0 amide bonds. The quantitative estimate of drug-likeness (QED) is 0.613. The van der Waals surface area contributed by atoms with E-state index in [9.17, 15) is 8.42 Å². The van der Waals surface area contributed by atoms with E-state index in [0.29, 0.717) is 28.2 Å². The van der Waals surface area contributed by atoms with E-state index in [1.165, 1.54) is 23.9 Å². The molecule has 2 aromatic rings. The number of primary sulfonamides is 1. The number of ether oxygens (including phenoxy) is 1. The third kappa shape index (κ3) is 4.79. The number of benzene rings is 2. The minimum Gasteiger partial charge on any atom is -0.493 e. The maximum atomic E-state index is 11.1. The molecule has 0 atom stereocenters. The summed E-state index contributed by atoms with van der Waals surface area (Å²) in [7, 11) is -3.68. The maximum Gasteiger partial charge on any atom is 0.238 e. The van der Waals surface area contributed by atoms with Crippen LogP contribution in [-0.2, 0) is 10.0 Å². The largest absolute Gasteiger partial charge is 0.493 e. The molecule has 0 unspecified atom stereocenters. The molecule has 0 aromatic heterocycles. The zero-order chi connectivity index (χ0) is 16.2. The molecule has 4 nitrogen and oxygen atoms in total. The lowest BCUT2D eigenvalue weighted by Gasteiger charge is -2.08. The van der Waals surface area contributed by atoms with Gasteiger partial charge in [0.1, 0.15) is 5.75 Å². The standard InChI is InChI=1S/C14H13Cl2NO3S2/c15-12-2-1-3-13(16)14(12)21-9-8-20-10-4-6-11(7-5-10)22(17,18)19/h1-7H,8-9H2,(H2,17,18,19). The molecule has 0 aliphatic carbocycles. The molecule has 2 rings (SSSR count). The molecule has 0 aliphatic rings. The topological polar surface area (TPSA) is 69.4 Å². The second-order valence-electron chi connectivity index (χ2n) is 4.26. The Labute approximate surface area is 143 Å². The van der Waals surface area contributed by atoms with E-state index in [-0.39, 0.29) is 4.90 Å². The lowest BCUT2D eigenvalue weighted by Crippen LogP contribution is -2.11. The fourth-order valence-electron chi connectivity index (χ4n) is 1.65. The van der Waals surface area contributed by atoms with Crippen LogP contribution < -0.4 is 9.88 Å². The second kappa shape index (κ2) is 7.57. The van der Waals surface area contributed by atoms with Crippen LogP contribution in [-0.4, -0.2) is 20.8 Å². The summed E-state index contributed by atoms with van der Waals surface area (Å²) in [6.45, 7) is 0.431. The Bertz CT molecular complexity index is 729. The van der Waals surface area contributed by atoms with Gasteiger partial charge in [-0.1, -0.05) is 29.3 Å². The maximum absolute atomic E-state index is 11.1. The van der Waals surface area contributed by atoms with Gasteiger partial charge in [0.05, 0.1) is 21.5 Å². The normalized spacial score (nSPS) is 11.4. The lowest BCUT2D eigenvalue weighted by atomic mass is 10.3. The first-order valence-corrected chi connectivity index (χ1v) is 9.49. The Morgan fingerprint density at radius 2 is 1.64 bits per heavy atom. The van der Waals surface area contributed by atoms with Gasteiger partial charge in [-0.15, -0.1) is 11.8 Å². The molecule has 2 aromatic carbocycles. The molecular formula is C14H13Cl2NO3S2. The van der Waals surface area contributed by atoms with Crippen molar-refractivity contribution in [2.75, 3.05) is 12.4 Å². The Kier molecular flexibility index (Phi) is 6.00. The molecule has 2 N–H and O–H groups in total. The van der Waals surface area contributed by atoms with Gasteiger partial charge in [0, 0.05) is 10.6 Å². The molecule has 0 spiro atoms. The first-order chi connectivity index (χ1) is 10.4. The predicted molar refractivity (Wildman–Crippen MR) is 90.5 cm³/mol.